The molecule has 0 radical (unpaired) electrons. The molecule has 0 aliphatic carbocycles. The predicted molar refractivity (Wildman–Crippen MR) is 130 cm³/mol. The van der Waals surface area contributed by atoms with Crippen molar-refractivity contribution in [3.63, 3.8) is 0 Å². The first-order valence-corrected chi connectivity index (χ1v) is 11.7. The second-order valence-electron chi connectivity index (χ2n) is 7.35. The van der Waals surface area contributed by atoms with Crippen molar-refractivity contribution in [2.24, 2.45) is 5.73 Å². The molecule has 0 saturated heterocycles. The maximum atomic E-state index is 13.8. The molecule has 2 amide bonds. The van der Waals surface area contributed by atoms with E-state index in [9.17, 15) is 19.1 Å². The van der Waals surface area contributed by atoms with Gasteiger partial charge in [0.1, 0.15) is 16.6 Å². The summed E-state index contributed by atoms with van der Waals surface area (Å²) in [5.41, 5.74) is 8.07. The number of amides is 2. The van der Waals surface area contributed by atoms with Crippen LogP contribution >= 0.6 is 11.3 Å². The van der Waals surface area contributed by atoms with E-state index in [4.69, 9.17) is 5.73 Å². The molecule has 0 unspecified atom stereocenters. The van der Waals surface area contributed by atoms with Gasteiger partial charge in [0.25, 0.3) is 5.91 Å². The molecule has 8 heteroatoms. The molecule has 0 spiro atoms. The zero-order valence-electron chi connectivity index (χ0n) is 19.2. The number of primary amides is 1. The fourth-order valence-electron chi connectivity index (χ4n) is 3.29. The highest BCUT2D eigenvalue weighted by Crippen LogP contribution is 2.34. The molecule has 0 bridgehead atoms. The number of aryl methyl sites for hydroxylation is 2. The molecule has 2 aromatic heterocycles. The van der Waals surface area contributed by atoms with Gasteiger partial charge in [0.2, 0.25) is 5.91 Å². The second-order valence-corrected chi connectivity index (χ2v) is 8.46. The van der Waals surface area contributed by atoms with Gasteiger partial charge in [-0.15, -0.1) is 11.3 Å². The summed E-state index contributed by atoms with van der Waals surface area (Å²) >= 11 is 1.33. The molecular formula is C25H30FN3O3S. The molecule has 3 aromatic rings. The Hall–Kier alpha value is -3.26. The Labute approximate surface area is 197 Å². The maximum Gasteiger partial charge on any atom is 0.251 e. The molecule has 176 valence electrons. The lowest BCUT2D eigenvalue weighted by Crippen LogP contribution is -2.19. The van der Waals surface area contributed by atoms with Crippen molar-refractivity contribution in [3.8, 4) is 5.75 Å². The molecule has 2 heterocycles. The van der Waals surface area contributed by atoms with Gasteiger partial charge < -0.3 is 16.2 Å². The van der Waals surface area contributed by atoms with Crippen molar-refractivity contribution in [3.05, 3.63) is 75.7 Å². The third kappa shape index (κ3) is 7.39. The molecular weight excluding hydrogens is 441 g/mol. The van der Waals surface area contributed by atoms with Crippen molar-refractivity contribution < 1.29 is 19.1 Å². The van der Waals surface area contributed by atoms with Gasteiger partial charge in [0.05, 0.1) is 12.0 Å². The van der Waals surface area contributed by atoms with E-state index in [1.165, 1.54) is 23.5 Å². The normalized spacial score (nSPS) is 10.3. The molecule has 0 saturated carbocycles. The van der Waals surface area contributed by atoms with Gasteiger partial charge >= 0.3 is 0 Å². The van der Waals surface area contributed by atoms with Crippen LogP contribution in [0, 0.1) is 5.82 Å². The summed E-state index contributed by atoms with van der Waals surface area (Å²) in [5, 5.41) is 12.3. The van der Waals surface area contributed by atoms with E-state index in [1.807, 2.05) is 38.2 Å². The Morgan fingerprint density at radius 3 is 2.42 bits per heavy atom. The van der Waals surface area contributed by atoms with E-state index in [1.54, 1.807) is 0 Å². The molecule has 3 rings (SSSR count). The number of halogens is 1. The highest BCUT2D eigenvalue weighted by atomic mass is 32.1. The van der Waals surface area contributed by atoms with Crippen LogP contribution in [0.3, 0.4) is 0 Å². The number of aromatic nitrogens is 1. The SMILES string of the molecule is CCCc1c(CC)sc(NC(=O)Cc2ccc(O)cc2F)c1C(N)=O.CCc1ccccn1. The first-order valence-electron chi connectivity index (χ1n) is 10.9. The van der Waals surface area contributed by atoms with E-state index in [0.717, 1.165) is 41.5 Å². The number of anilines is 1. The van der Waals surface area contributed by atoms with Crippen LogP contribution in [0.5, 0.6) is 5.75 Å². The number of pyridine rings is 1. The number of phenolic OH excluding ortho intramolecular Hbond substituents is 1. The van der Waals surface area contributed by atoms with Crippen LogP contribution in [0.2, 0.25) is 0 Å². The summed E-state index contributed by atoms with van der Waals surface area (Å²) in [6.07, 6.45) is 4.95. The Morgan fingerprint density at radius 1 is 1.15 bits per heavy atom. The number of phenols is 1. The van der Waals surface area contributed by atoms with Gasteiger partial charge in [0.15, 0.2) is 0 Å². The standard InChI is InChI=1S/C18H21FN2O3S.C7H9N/c1-3-5-12-14(4-2)25-18(16(12)17(20)24)21-15(23)8-10-6-7-11(22)9-13(10)19;1-2-7-5-3-4-6-8-7/h6-7,9,22H,3-5,8H2,1-2H3,(H2,20,24)(H,21,23);3-6H,2H2,1H3. The van der Waals surface area contributed by atoms with Crippen LogP contribution in [0.25, 0.3) is 0 Å². The van der Waals surface area contributed by atoms with Gasteiger partial charge in [-0.3, -0.25) is 14.6 Å². The Morgan fingerprint density at radius 2 is 1.91 bits per heavy atom. The minimum atomic E-state index is -0.655. The summed E-state index contributed by atoms with van der Waals surface area (Å²) in [6, 6.07) is 9.59. The molecule has 0 aliphatic heterocycles. The van der Waals surface area contributed by atoms with Crippen LogP contribution < -0.4 is 11.1 Å². The lowest BCUT2D eigenvalue weighted by Gasteiger charge is -2.07. The molecule has 0 aliphatic rings. The molecule has 1 aromatic carbocycles. The van der Waals surface area contributed by atoms with Gasteiger partial charge in [0, 0.05) is 22.8 Å². The smallest absolute Gasteiger partial charge is 0.251 e. The fraction of sp³-hybridized carbons (Fsp3) is 0.320. The number of thiophene rings is 1. The minimum absolute atomic E-state index is 0.164. The monoisotopic (exact) mass is 471 g/mol. The third-order valence-electron chi connectivity index (χ3n) is 4.89. The number of aromatic hydroxyl groups is 1. The highest BCUT2D eigenvalue weighted by Gasteiger charge is 2.22. The Bertz CT molecular complexity index is 1080. The number of nitrogens with two attached hydrogens (primary N) is 1. The quantitative estimate of drug-likeness (QED) is 0.428. The number of hydrogen-bond donors (Lipinski definition) is 3. The summed E-state index contributed by atoms with van der Waals surface area (Å²) < 4.78 is 13.8. The van der Waals surface area contributed by atoms with Crippen molar-refractivity contribution in [2.75, 3.05) is 5.32 Å². The molecule has 4 N–H and O–H groups in total. The number of rotatable bonds is 8. The number of benzene rings is 1. The minimum Gasteiger partial charge on any atom is -0.508 e. The number of carbonyl (C=O) groups is 2. The first-order chi connectivity index (χ1) is 15.8. The fourth-order valence-corrected chi connectivity index (χ4v) is 4.50. The van der Waals surface area contributed by atoms with Crippen LogP contribution in [0.1, 0.15) is 59.2 Å². The summed E-state index contributed by atoms with van der Waals surface area (Å²) in [4.78, 5) is 29.3. The number of carbonyl (C=O) groups excluding carboxylic acids is 2. The topological polar surface area (TPSA) is 105 Å². The number of hydrogen-bond acceptors (Lipinski definition) is 5. The molecule has 0 atom stereocenters. The lowest BCUT2D eigenvalue weighted by molar-refractivity contribution is -0.115. The molecule has 6 nitrogen and oxygen atoms in total. The van der Waals surface area contributed by atoms with Gasteiger partial charge in [-0.2, -0.15) is 0 Å². The Kier molecular flexibility index (Phi) is 10.00. The van der Waals surface area contributed by atoms with Gasteiger partial charge in [-0.1, -0.05) is 39.3 Å². The summed E-state index contributed by atoms with van der Waals surface area (Å²) in [6.45, 7) is 6.09. The maximum absolute atomic E-state index is 13.8. The second kappa shape index (κ2) is 12.7. The van der Waals surface area contributed by atoms with Gasteiger partial charge in [-0.25, -0.2) is 4.39 Å². The van der Waals surface area contributed by atoms with Crippen LogP contribution in [0.15, 0.2) is 42.6 Å². The zero-order chi connectivity index (χ0) is 24.4. The van der Waals surface area contributed by atoms with Crippen molar-refractivity contribution in [1.82, 2.24) is 4.98 Å². The summed E-state index contributed by atoms with van der Waals surface area (Å²) in [7, 11) is 0. The largest absolute Gasteiger partial charge is 0.508 e. The van der Waals surface area contributed by atoms with Crippen LogP contribution in [-0.4, -0.2) is 21.9 Å². The first kappa shape index (κ1) is 26.0. The van der Waals surface area contributed by atoms with Crippen molar-refractivity contribution in [1.29, 1.82) is 0 Å². The summed E-state index contributed by atoms with van der Waals surface area (Å²) in [5.74, 6) is -1.88. The molecule has 0 fully saturated rings. The van der Waals surface area contributed by atoms with E-state index >= 15 is 0 Å². The highest BCUT2D eigenvalue weighted by molar-refractivity contribution is 7.17. The zero-order valence-corrected chi connectivity index (χ0v) is 20.0. The van der Waals surface area contributed by atoms with Crippen molar-refractivity contribution >= 4 is 28.2 Å². The number of nitrogens with zero attached hydrogens (tertiary/aromatic N) is 1. The number of nitrogens with one attached hydrogen (secondary N) is 1. The van der Waals surface area contributed by atoms with E-state index in [-0.39, 0.29) is 17.7 Å². The van der Waals surface area contributed by atoms with Crippen LogP contribution in [0.4, 0.5) is 9.39 Å². The van der Waals surface area contributed by atoms with E-state index in [0.29, 0.717) is 17.0 Å². The predicted octanol–water partition coefficient (Wildman–Crippen LogP) is 5.03. The Balaban J connectivity index is 0.000000405. The third-order valence-corrected chi connectivity index (χ3v) is 6.18. The van der Waals surface area contributed by atoms with Crippen LogP contribution in [-0.2, 0) is 30.5 Å². The van der Waals surface area contributed by atoms with E-state index in [2.05, 4.69) is 17.2 Å². The average molecular weight is 472 g/mol. The van der Waals surface area contributed by atoms with E-state index < -0.39 is 17.6 Å². The lowest BCUT2D eigenvalue weighted by atomic mass is 10.0. The van der Waals surface area contributed by atoms with Gasteiger partial charge in [-0.05, 0) is 48.6 Å². The average Bonchev–Trinajstić information content (AvgIpc) is 3.14. The van der Waals surface area contributed by atoms with Crippen molar-refractivity contribution in [2.45, 2.75) is 52.9 Å². The molecule has 33 heavy (non-hydrogen) atoms.